The molecule has 0 spiro atoms. The average Bonchev–Trinajstić information content (AvgIpc) is 3.23. The Labute approximate surface area is 135 Å². The number of H-pyrrole nitrogens is 1. The summed E-state index contributed by atoms with van der Waals surface area (Å²) in [6.07, 6.45) is 5.25. The molecule has 24 heavy (non-hydrogen) atoms. The molecular weight excluding hydrogens is 308 g/mol. The van der Waals surface area contributed by atoms with Gasteiger partial charge in [0.1, 0.15) is 5.39 Å². The molecule has 0 fully saturated rings. The predicted octanol–water partition coefficient (Wildman–Crippen LogP) is 0.657. The van der Waals surface area contributed by atoms with Gasteiger partial charge in [-0.15, -0.1) is 0 Å². The van der Waals surface area contributed by atoms with E-state index in [2.05, 4.69) is 15.2 Å². The van der Waals surface area contributed by atoms with Crippen LogP contribution in [0, 0.1) is 0 Å². The highest BCUT2D eigenvalue weighted by molar-refractivity contribution is 5.72. The summed E-state index contributed by atoms with van der Waals surface area (Å²) >= 11 is 0. The lowest BCUT2D eigenvalue weighted by Crippen LogP contribution is -2.31. The molecule has 0 aliphatic heterocycles. The number of nitrogens with one attached hydrogen (secondary N) is 1. The highest BCUT2D eigenvalue weighted by Gasteiger charge is 2.09. The lowest BCUT2D eigenvalue weighted by Gasteiger charge is -2.04. The van der Waals surface area contributed by atoms with Gasteiger partial charge in [-0.25, -0.2) is 9.48 Å². The van der Waals surface area contributed by atoms with Gasteiger partial charge in [-0.05, 0) is 23.8 Å². The molecule has 1 N–H and O–H groups in total. The van der Waals surface area contributed by atoms with E-state index < -0.39 is 5.69 Å². The minimum absolute atomic E-state index is 0.302. The van der Waals surface area contributed by atoms with Gasteiger partial charge >= 0.3 is 5.69 Å². The van der Waals surface area contributed by atoms with Gasteiger partial charge in [-0.1, -0.05) is 12.1 Å². The van der Waals surface area contributed by atoms with Gasteiger partial charge in [-0.2, -0.15) is 10.2 Å². The Balaban J connectivity index is 1.66. The number of nitrogens with zero attached hydrogens (tertiary/aromatic N) is 5. The van der Waals surface area contributed by atoms with E-state index in [0.717, 1.165) is 15.8 Å². The lowest BCUT2D eigenvalue weighted by molar-refractivity contribution is 0.692. The lowest BCUT2D eigenvalue weighted by atomic mass is 10.2. The molecule has 0 radical (unpaired) electrons. The monoisotopic (exact) mass is 322 g/mol. The SMILES string of the molecule is Cn1c(=O)[nH]c2nn(Cc3ccc(-n4cccn4)cc3)cc2c1=O. The normalized spacial score (nSPS) is 11.2. The van der Waals surface area contributed by atoms with Gasteiger partial charge in [0.15, 0.2) is 5.65 Å². The molecule has 8 nitrogen and oxygen atoms in total. The third-order valence-corrected chi connectivity index (χ3v) is 3.88. The molecule has 3 heterocycles. The number of fused-ring (bicyclic) bond motifs is 1. The van der Waals surface area contributed by atoms with Crippen molar-refractivity contribution in [3.05, 3.63) is 75.3 Å². The van der Waals surface area contributed by atoms with Gasteiger partial charge in [-0.3, -0.25) is 19.0 Å². The first-order valence-electron chi connectivity index (χ1n) is 7.37. The first kappa shape index (κ1) is 14.2. The number of rotatable bonds is 3. The molecule has 0 atom stereocenters. The first-order chi connectivity index (χ1) is 11.6. The van der Waals surface area contributed by atoms with Gasteiger partial charge in [0.05, 0.1) is 12.2 Å². The van der Waals surface area contributed by atoms with Crippen LogP contribution in [0.2, 0.25) is 0 Å². The van der Waals surface area contributed by atoms with E-state index in [9.17, 15) is 9.59 Å². The molecule has 0 aliphatic carbocycles. The van der Waals surface area contributed by atoms with Crippen molar-refractivity contribution >= 4 is 11.0 Å². The summed E-state index contributed by atoms with van der Waals surface area (Å²) in [7, 11) is 1.44. The van der Waals surface area contributed by atoms with Crippen molar-refractivity contribution in [2.75, 3.05) is 0 Å². The van der Waals surface area contributed by atoms with Crippen molar-refractivity contribution in [3.63, 3.8) is 0 Å². The van der Waals surface area contributed by atoms with E-state index in [-0.39, 0.29) is 5.56 Å². The third-order valence-electron chi connectivity index (χ3n) is 3.88. The molecule has 0 saturated heterocycles. The van der Waals surface area contributed by atoms with E-state index in [1.54, 1.807) is 21.8 Å². The quantitative estimate of drug-likeness (QED) is 0.600. The molecular formula is C16H14N6O2. The zero-order valence-electron chi connectivity index (χ0n) is 12.9. The third kappa shape index (κ3) is 2.34. The van der Waals surface area contributed by atoms with Crippen molar-refractivity contribution in [1.29, 1.82) is 0 Å². The van der Waals surface area contributed by atoms with E-state index in [1.807, 2.05) is 36.5 Å². The minimum atomic E-state index is -0.471. The standard InChI is InChI=1S/C16H14N6O2/c1-20-15(23)13-10-21(19-14(13)18-16(20)24)9-11-3-5-12(6-4-11)22-8-2-7-17-22/h2-8,10H,9H2,1H3,(H,18,19,24). The molecule has 0 amide bonds. The fourth-order valence-electron chi connectivity index (χ4n) is 2.57. The van der Waals surface area contributed by atoms with E-state index in [4.69, 9.17) is 0 Å². The first-order valence-corrected chi connectivity index (χ1v) is 7.37. The molecule has 0 aliphatic rings. The van der Waals surface area contributed by atoms with Crippen LogP contribution in [0.4, 0.5) is 0 Å². The molecule has 0 unspecified atom stereocenters. The fraction of sp³-hybridized carbons (Fsp3) is 0.125. The molecule has 0 bridgehead atoms. The molecule has 3 aromatic heterocycles. The molecule has 4 aromatic rings. The van der Waals surface area contributed by atoms with Crippen molar-refractivity contribution in [2.45, 2.75) is 6.54 Å². The number of benzene rings is 1. The number of aromatic amines is 1. The highest BCUT2D eigenvalue weighted by Crippen LogP contribution is 2.11. The topological polar surface area (TPSA) is 90.5 Å². The van der Waals surface area contributed by atoms with Crippen molar-refractivity contribution < 1.29 is 0 Å². The van der Waals surface area contributed by atoms with Crippen LogP contribution in [0.5, 0.6) is 0 Å². The summed E-state index contributed by atoms with van der Waals surface area (Å²) in [6.45, 7) is 0.499. The summed E-state index contributed by atoms with van der Waals surface area (Å²) < 4.78 is 4.46. The summed E-state index contributed by atoms with van der Waals surface area (Å²) in [4.78, 5) is 26.3. The van der Waals surface area contributed by atoms with Gasteiger partial charge in [0.25, 0.3) is 5.56 Å². The number of aromatic nitrogens is 6. The smallest absolute Gasteiger partial charge is 0.290 e. The van der Waals surface area contributed by atoms with Crippen LogP contribution in [-0.2, 0) is 13.6 Å². The van der Waals surface area contributed by atoms with Gasteiger partial charge in [0, 0.05) is 25.6 Å². The van der Waals surface area contributed by atoms with Crippen LogP contribution in [0.25, 0.3) is 16.7 Å². The highest BCUT2D eigenvalue weighted by atomic mass is 16.2. The maximum atomic E-state index is 12.1. The zero-order valence-corrected chi connectivity index (χ0v) is 12.9. The Morgan fingerprint density at radius 3 is 2.67 bits per heavy atom. The maximum absolute atomic E-state index is 12.1. The summed E-state index contributed by atoms with van der Waals surface area (Å²) in [6, 6.07) is 9.75. The van der Waals surface area contributed by atoms with Gasteiger partial charge in [0.2, 0.25) is 0 Å². The Hall–Kier alpha value is -3.42. The van der Waals surface area contributed by atoms with Crippen LogP contribution in [-0.4, -0.2) is 29.1 Å². The molecule has 1 aromatic carbocycles. The van der Waals surface area contributed by atoms with E-state index in [0.29, 0.717) is 17.6 Å². The van der Waals surface area contributed by atoms with Crippen LogP contribution in [0.15, 0.2) is 58.5 Å². The molecule has 120 valence electrons. The largest absolute Gasteiger partial charge is 0.329 e. The van der Waals surface area contributed by atoms with Crippen LogP contribution >= 0.6 is 0 Å². The second kappa shape index (κ2) is 5.34. The summed E-state index contributed by atoms with van der Waals surface area (Å²) in [5.41, 5.74) is 1.47. The summed E-state index contributed by atoms with van der Waals surface area (Å²) in [5.74, 6) is 0. The molecule has 8 heteroatoms. The van der Waals surface area contributed by atoms with Crippen LogP contribution < -0.4 is 11.2 Å². The van der Waals surface area contributed by atoms with E-state index >= 15 is 0 Å². The average molecular weight is 322 g/mol. The second-order valence-electron chi connectivity index (χ2n) is 5.50. The Kier molecular flexibility index (Phi) is 3.16. The van der Waals surface area contributed by atoms with Gasteiger partial charge < -0.3 is 0 Å². The maximum Gasteiger partial charge on any atom is 0.329 e. The summed E-state index contributed by atoms with van der Waals surface area (Å²) in [5, 5.41) is 8.85. The number of hydrogen-bond acceptors (Lipinski definition) is 4. The van der Waals surface area contributed by atoms with Crippen LogP contribution in [0.1, 0.15) is 5.56 Å². The molecule has 0 saturated carbocycles. The molecule has 4 rings (SSSR count). The number of hydrogen-bond donors (Lipinski definition) is 1. The minimum Gasteiger partial charge on any atom is -0.290 e. The fourth-order valence-corrected chi connectivity index (χ4v) is 2.57. The Bertz CT molecular complexity index is 1120. The van der Waals surface area contributed by atoms with Crippen molar-refractivity contribution in [3.8, 4) is 5.69 Å². The van der Waals surface area contributed by atoms with E-state index in [1.165, 1.54) is 7.05 Å². The predicted molar refractivity (Wildman–Crippen MR) is 88.3 cm³/mol. The van der Waals surface area contributed by atoms with Crippen molar-refractivity contribution in [2.24, 2.45) is 7.05 Å². The Morgan fingerprint density at radius 2 is 1.96 bits per heavy atom. The van der Waals surface area contributed by atoms with Crippen LogP contribution in [0.3, 0.4) is 0 Å². The Morgan fingerprint density at radius 1 is 1.17 bits per heavy atom. The van der Waals surface area contributed by atoms with Crippen molar-refractivity contribution in [1.82, 2.24) is 29.1 Å². The zero-order chi connectivity index (χ0) is 16.7. The second-order valence-corrected chi connectivity index (χ2v) is 5.50.